The molecule has 1 saturated carbocycles. The van der Waals surface area contributed by atoms with Crippen molar-refractivity contribution in [3.63, 3.8) is 0 Å². The minimum absolute atomic E-state index is 0.0995. The van der Waals surface area contributed by atoms with Crippen LogP contribution in [0.3, 0.4) is 0 Å². The van der Waals surface area contributed by atoms with E-state index >= 15 is 0 Å². The number of hydrogen-bond donors (Lipinski definition) is 1. The van der Waals surface area contributed by atoms with Crippen LogP contribution in [0.15, 0.2) is 10.5 Å². The highest BCUT2D eigenvalue weighted by Crippen LogP contribution is 2.27. The smallest absolute Gasteiger partial charge is 0.257 e. The number of rotatable bonds is 5. The molecule has 0 bridgehead atoms. The Bertz CT molecular complexity index is 421. The summed E-state index contributed by atoms with van der Waals surface area (Å²) in [7, 11) is 0. The van der Waals surface area contributed by atoms with Gasteiger partial charge in [0.1, 0.15) is 11.5 Å². The van der Waals surface area contributed by atoms with E-state index in [1.807, 2.05) is 24.8 Å². The van der Waals surface area contributed by atoms with Crippen LogP contribution in [0.25, 0.3) is 0 Å². The molecule has 1 aromatic heterocycles. The Balaban J connectivity index is 2.13. The lowest BCUT2D eigenvalue weighted by molar-refractivity contribution is 0.0576. The zero-order valence-corrected chi connectivity index (χ0v) is 11.2. The molecule has 0 spiro atoms. The lowest BCUT2D eigenvalue weighted by Crippen LogP contribution is -2.45. The van der Waals surface area contributed by atoms with Gasteiger partial charge in [0.05, 0.1) is 5.56 Å². The summed E-state index contributed by atoms with van der Waals surface area (Å²) in [6.07, 6.45) is 4.32. The Hall–Kier alpha value is -1.29. The molecular formula is C14H22N2O2. The van der Waals surface area contributed by atoms with Crippen LogP contribution in [-0.4, -0.2) is 29.9 Å². The van der Waals surface area contributed by atoms with Crippen LogP contribution in [-0.2, 0) is 0 Å². The van der Waals surface area contributed by atoms with Crippen molar-refractivity contribution >= 4 is 5.91 Å². The molecule has 0 saturated heterocycles. The maximum atomic E-state index is 12.5. The molecule has 0 atom stereocenters. The minimum atomic E-state index is 0.0995. The van der Waals surface area contributed by atoms with Crippen molar-refractivity contribution < 1.29 is 9.21 Å². The molecule has 0 unspecified atom stereocenters. The topological polar surface area (TPSA) is 59.5 Å². The molecule has 1 aliphatic carbocycles. The maximum absolute atomic E-state index is 12.5. The molecule has 1 amide bonds. The van der Waals surface area contributed by atoms with E-state index in [4.69, 9.17) is 10.2 Å². The summed E-state index contributed by atoms with van der Waals surface area (Å²) in [6.45, 7) is 5.10. The van der Waals surface area contributed by atoms with Crippen molar-refractivity contribution in [3.05, 3.63) is 23.2 Å². The van der Waals surface area contributed by atoms with E-state index in [-0.39, 0.29) is 5.91 Å². The molecule has 1 aromatic rings. The Morgan fingerprint density at radius 2 is 2.22 bits per heavy atom. The minimum Gasteiger partial charge on any atom is -0.466 e. The van der Waals surface area contributed by atoms with Crippen molar-refractivity contribution in [2.24, 2.45) is 5.73 Å². The van der Waals surface area contributed by atoms with Crippen LogP contribution in [0.1, 0.15) is 47.6 Å². The summed E-state index contributed by atoms with van der Waals surface area (Å²) in [5.41, 5.74) is 6.26. The van der Waals surface area contributed by atoms with Crippen molar-refractivity contribution in [2.45, 2.75) is 45.6 Å². The first-order valence-corrected chi connectivity index (χ1v) is 6.71. The lowest BCUT2D eigenvalue weighted by Gasteiger charge is -2.37. The number of carbonyl (C=O) groups excluding carboxylic acids is 1. The number of amides is 1. The molecule has 0 radical (unpaired) electrons. The first-order valence-electron chi connectivity index (χ1n) is 6.71. The molecule has 0 aliphatic heterocycles. The summed E-state index contributed by atoms with van der Waals surface area (Å²) >= 11 is 0. The highest BCUT2D eigenvalue weighted by molar-refractivity contribution is 5.95. The highest BCUT2D eigenvalue weighted by Gasteiger charge is 2.30. The molecule has 1 heterocycles. The standard InChI is InChI=1S/C14H22N2O2/c1-10-9-13(11(2)18-10)14(17)16(8-4-7-15)12-5-3-6-12/h9,12H,3-8,15H2,1-2H3. The second-order valence-electron chi connectivity index (χ2n) is 5.05. The van der Waals surface area contributed by atoms with E-state index in [0.29, 0.717) is 18.2 Å². The average Bonchev–Trinajstić information content (AvgIpc) is 2.60. The summed E-state index contributed by atoms with van der Waals surface area (Å²) in [5, 5.41) is 0. The number of carbonyl (C=O) groups is 1. The first kappa shape index (κ1) is 13.1. The van der Waals surface area contributed by atoms with Gasteiger partial charge in [0.2, 0.25) is 0 Å². The van der Waals surface area contributed by atoms with E-state index in [1.54, 1.807) is 0 Å². The highest BCUT2D eigenvalue weighted by atomic mass is 16.3. The molecule has 100 valence electrons. The normalized spacial score (nSPS) is 15.5. The van der Waals surface area contributed by atoms with E-state index in [2.05, 4.69) is 0 Å². The van der Waals surface area contributed by atoms with Crippen molar-refractivity contribution in [1.29, 1.82) is 0 Å². The van der Waals surface area contributed by atoms with Gasteiger partial charge in [0.25, 0.3) is 5.91 Å². The number of furan rings is 1. The van der Waals surface area contributed by atoms with Crippen LogP contribution in [0.5, 0.6) is 0 Å². The van der Waals surface area contributed by atoms with Crippen LogP contribution < -0.4 is 5.73 Å². The fourth-order valence-electron chi connectivity index (χ4n) is 2.41. The van der Waals surface area contributed by atoms with Gasteiger partial charge in [0.15, 0.2) is 0 Å². The van der Waals surface area contributed by atoms with Gasteiger partial charge in [-0.25, -0.2) is 0 Å². The first-order chi connectivity index (χ1) is 8.63. The van der Waals surface area contributed by atoms with E-state index in [0.717, 1.165) is 37.3 Å². The monoisotopic (exact) mass is 250 g/mol. The third kappa shape index (κ3) is 2.58. The second-order valence-corrected chi connectivity index (χ2v) is 5.05. The Morgan fingerprint density at radius 1 is 1.50 bits per heavy atom. The summed E-state index contributed by atoms with van der Waals surface area (Å²) < 4.78 is 5.45. The summed E-state index contributed by atoms with van der Waals surface area (Å²) in [5.74, 6) is 1.61. The quantitative estimate of drug-likeness (QED) is 0.871. The van der Waals surface area contributed by atoms with Gasteiger partial charge < -0.3 is 15.1 Å². The molecule has 1 fully saturated rings. The van der Waals surface area contributed by atoms with Crippen LogP contribution >= 0.6 is 0 Å². The van der Waals surface area contributed by atoms with E-state index in [1.165, 1.54) is 6.42 Å². The Kier molecular flexibility index (Phi) is 4.07. The zero-order chi connectivity index (χ0) is 13.1. The van der Waals surface area contributed by atoms with E-state index < -0.39 is 0 Å². The maximum Gasteiger partial charge on any atom is 0.257 e. The molecule has 18 heavy (non-hydrogen) atoms. The SMILES string of the molecule is Cc1cc(C(=O)N(CCCN)C2CCC2)c(C)o1. The van der Waals surface area contributed by atoms with Crippen LogP contribution in [0, 0.1) is 13.8 Å². The van der Waals surface area contributed by atoms with Crippen LogP contribution in [0.2, 0.25) is 0 Å². The molecule has 1 aliphatic rings. The fourth-order valence-corrected chi connectivity index (χ4v) is 2.41. The van der Waals surface area contributed by atoms with Crippen molar-refractivity contribution in [2.75, 3.05) is 13.1 Å². The van der Waals surface area contributed by atoms with Crippen LogP contribution in [0.4, 0.5) is 0 Å². The Morgan fingerprint density at radius 3 is 2.67 bits per heavy atom. The van der Waals surface area contributed by atoms with E-state index in [9.17, 15) is 4.79 Å². The largest absolute Gasteiger partial charge is 0.466 e. The van der Waals surface area contributed by atoms with Gasteiger partial charge in [-0.15, -0.1) is 0 Å². The predicted octanol–water partition coefficient (Wildman–Crippen LogP) is 2.24. The summed E-state index contributed by atoms with van der Waals surface area (Å²) in [6, 6.07) is 2.24. The van der Waals surface area contributed by atoms with Crippen molar-refractivity contribution in [1.82, 2.24) is 4.90 Å². The predicted molar refractivity (Wildman–Crippen MR) is 70.5 cm³/mol. The van der Waals surface area contributed by atoms with Gasteiger partial charge in [-0.1, -0.05) is 0 Å². The number of aryl methyl sites for hydroxylation is 2. The number of nitrogens with zero attached hydrogens (tertiary/aromatic N) is 1. The summed E-state index contributed by atoms with van der Waals surface area (Å²) in [4.78, 5) is 14.5. The second kappa shape index (κ2) is 5.57. The molecule has 0 aromatic carbocycles. The van der Waals surface area contributed by atoms with Gasteiger partial charge in [-0.2, -0.15) is 0 Å². The third-order valence-electron chi connectivity index (χ3n) is 3.65. The van der Waals surface area contributed by atoms with Gasteiger partial charge >= 0.3 is 0 Å². The zero-order valence-electron chi connectivity index (χ0n) is 11.2. The molecule has 4 heteroatoms. The lowest BCUT2D eigenvalue weighted by atomic mass is 9.90. The number of nitrogens with two attached hydrogens (primary N) is 1. The Labute approximate surface area is 108 Å². The average molecular weight is 250 g/mol. The number of hydrogen-bond acceptors (Lipinski definition) is 3. The fraction of sp³-hybridized carbons (Fsp3) is 0.643. The third-order valence-corrected chi connectivity index (χ3v) is 3.65. The molecular weight excluding hydrogens is 228 g/mol. The molecule has 2 N–H and O–H groups in total. The van der Waals surface area contributed by atoms with Gasteiger partial charge in [0, 0.05) is 12.6 Å². The molecule has 4 nitrogen and oxygen atoms in total. The molecule has 2 rings (SSSR count). The van der Waals surface area contributed by atoms with Crippen molar-refractivity contribution in [3.8, 4) is 0 Å². The van der Waals surface area contributed by atoms with Gasteiger partial charge in [-0.3, -0.25) is 4.79 Å². The van der Waals surface area contributed by atoms with Gasteiger partial charge in [-0.05, 0) is 52.1 Å².